The third-order valence-corrected chi connectivity index (χ3v) is 3.52. The Morgan fingerprint density at radius 1 is 1.16 bits per heavy atom. The molecule has 0 unspecified atom stereocenters. The third-order valence-electron chi connectivity index (χ3n) is 3.52. The highest BCUT2D eigenvalue weighted by molar-refractivity contribution is 6.04. The lowest BCUT2D eigenvalue weighted by Crippen LogP contribution is -2.13. The van der Waals surface area contributed by atoms with Crippen molar-refractivity contribution in [1.29, 1.82) is 0 Å². The molecule has 7 nitrogen and oxygen atoms in total. The lowest BCUT2D eigenvalue weighted by Gasteiger charge is -2.07. The van der Waals surface area contributed by atoms with E-state index < -0.39 is 0 Å². The third kappa shape index (κ3) is 3.82. The number of ether oxygens (including phenoxy) is 1. The second-order valence-corrected chi connectivity index (χ2v) is 5.52. The molecule has 0 saturated carbocycles. The number of hydrogen-bond acceptors (Lipinski definition) is 5. The molecule has 0 aromatic carbocycles. The maximum absolute atomic E-state index is 12.3. The zero-order chi connectivity index (χ0) is 17.8. The average molecular weight is 337 g/mol. The number of amides is 1. The van der Waals surface area contributed by atoms with Gasteiger partial charge in [0.15, 0.2) is 5.82 Å². The summed E-state index contributed by atoms with van der Waals surface area (Å²) in [6.07, 6.45) is 3.09. The number of aromatic nitrogens is 4. The number of nitrogens with one attached hydrogen (secondary N) is 1. The highest BCUT2D eigenvalue weighted by Crippen LogP contribution is 2.14. The summed E-state index contributed by atoms with van der Waals surface area (Å²) in [5.74, 6) is 0.942. The number of aryl methyl sites for hydroxylation is 2. The molecule has 0 aliphatic rings. The molecule has 0 atom stereocenters. The van der Waals surface area contributed by atoms with Crippen LogP contribution in [0.15, 0.2) is 42.7 Å². The van der Waals surface area contributed by atoms with Crippen molar-refractivity contribution in [3.63, 3.8) is 0 Å². The van der Waals surface area contributed by atoms with Crippen LogP contribution in [0.1, 0.15) is 28.7 Å². The van der Waals surface area contributed by atoms with E-state index in [0.717, 1.165) is 11.4 Å². The Morgan fingerprint density at radius 2 is 2.00 bits per heavy atom. The molecule has 0 saturated heterocycles. The molecule has 1 amide bonds. The normalized spacial score (nSPS) is 10.5. The van der Waals surface area contributed by atoms with E-state index >= 15 is 0 Å². The molecule has 1 N–H and O–H groups in total. The molecule has 25 heavy (non-hydrogen) atoms. The van der Waals surface area contributed by atoms with Gasteiger partial charge in [-0.3, -0.25) is 4.79 Å². The number of anilines is 1. The van der Waals surface area contributed by atoms with E-state index in [4.69, 9.17) is 4.74 Å². The predicted molar refractivity (Wildman–Crippen MR) is 94.2 cm³/mol. The lowest BCUT2D eigenvalue weighted by molar-refractivity contribution is 0.102. The first-order valence-corrected chi connectivity index (χ1v) is 7.96. The van der Waals surface area contributed by atoms with Crippen molar-refractivity contribution in [2.75, 3.05) is 11.9 Å². The molecule has 0 bridgehead atoms. The second kappa shape index (κ2) is 7.12. The van der Waals surface area contributed by atoms with Crippen molar-refractivity contribution < 1.29 is 9.53 Å². The molecule has 0 fully saturated rings. The van der Waals surface area contributed by atoms with Gasteiger partial charge in [0.1, 0.15) is 0 Å². The van der Waals surface area contributed by atoms with Crippen LogP contribution in [0.25, 0.3) is 5.82 Å². The first-order valence-electron chi connectivity index (χ1n) is 7.96. The second-order valence-electron chi connectivity index (χ2n) is 5.52. The van der Waals surface area contributed by atoms with Gasteiger partial charge >= 0.3 is 0 Å². The van der Waals surface area contributed by atoms with Gasteiger partial charge in [-0.05, 0) is 45.0 Å². The number of hydrogen-bond donors (Lipinski definition) is 1. The fourth-order valence-corrected chi connectivity index (χ4v) is 2.40. The molecule has 0 spiro atoms. The summed E-state index contributed by atoms with van der Waals surface area (Å²) in [5, 5.41) is 7.18. The van der Waals surface area contributed by atoms with Crippen molar-refractivity contribution in [1.82, 2.24) is 19.7 Å². The number of carbonyl (C=O) groups excluding carboxylic acids is 1. The Kier molecular flexibility index (Phi) is 4.74. The highest BCUT2D eigenvalue weighted by Gasteiger charge is 2.09. The van der Waals surface area contributed by atoms with Crippen LogP contribution in [0.2, 0.25) is 0 Å². The van der Waals surface area contributed by atoms with Gasteiger partial charge in [-0.15, -0.1) is 0 Å². The summed E-state index contributed by atoms with van der Waals surface area (Å²) >= 11 is 0. The van der Waals surface area contributed by atoms with Crippen LogP contribution in [-0.4, -0.2) is 32.3 Å². The highest BCUT2D eigenvalue weighted by atomic mass is 16.5. The van der Waals surface area contributed by atoms with E-state index in [1.807, 2.05) is 32.9 Å². The number of pyridine rings is 2. The van der Waals surface area contributed by atoms with Crippen LogP contribution in [-0.2, 0) is 0 Å². The Balaban J connectivity index is 1.70. The van der Waals surface area contributed by atoms with Gasteiger partial charge in [-0.1, -0.05) is 0 Å². The van der Waals surface area contributed by atoms with Crippen molar-refractivity contribution in [2.24, 2.45) is 0 Å². The zero-order valence-electron chi connectivity index (χ0n) is 14.4. The smallest absolute Gasteiger partial charge is 0.257 e. The fraction of sp³-hybridized carbons (Fsp3) is 0.222. The van der Waals surface area contributed by atoms with Gasteiger partial charge in [-0.2, -0.15) is 5.10 Å². The van der Waals surface area contributed by atoms with Crippen LogP contribution < -0.4 is 10.1 Å². The van der Waals surface area contributed by atoms with Crippen molar-refractivity contribution in [3.05, 3.63) is 59.7 Å². The molecule has 0 aliphatic heterocycles. The molecule has 0 radical (unpaired) electrons. The molecule has 0 aliphatic carbocycles. The maximum atomic E-state index is 12.3. The summed E-state index contributed by atoms with van der Waals surface area (Å²) in [6, 6.07) is 8.92. The minimum Gasteiger partial charge on any atom is -0.478 e. The molecule has 3 aromatic heterocycles. The van der Waals surface area contributed by atoms with E-state index in [2.05, 4.69) is 20.4 Å². The summed E-state index contributed by atoms with van der Waals surface area (Å²) in [5.41, 5.74) is 2.98. The molecular weight excluding hydrogens is 318 g/mol. The minimum absolute atomic E-state index is 0.254. The minimum atomic E-state index is -0.254. The van der Waals surface area contributed by atoms with Gasteiger partial charge in [-0.25, -0.2) is 14.6 Å². The summed E-state index contributed by atoms with van der Waals surface area (Å²) in [4.78, 5) is 20.7. The van der Waals surface area contributed by atoms with Gasteiger partial charge in [0.25, 0.3) is 5.91 Å². The summed E-state index contributed by atoms with van der Waals surface area (Å²) in [6.45, 7) is 6.32. The van der Waals surface area contributed by atoms with E-state index in [-0.39, 0.29) is 5.91 Å². The monoisotopic (exact) mass is 337 g/mol. The molecule has 7 heteroatoms. The Labute approximate surface area is 145 Å². The van der Waals surface area contributed by atoms with Crippen LogP contribution in [0.3, 0.4) is 0 Å². The van der Waals surface area contributed by atoms with E-state index in [1.54, 1.807) is 29.1 Å². The molecular formula is C18H19N5O2. The van der Waals surface area contributed by atoms with Crippen molar-refractivity contribution >= 4 is 11.6 Å². The van der Waals surface area contributed by atoms with Gasteiger partial charge < -0.3 is 10.1 Å². The zero-order valence-corrected chi connectivity index (χ0v) is 14.4. The largest absolute Gasteiger partial charge is 0.478 e. The summed E-state index contributed by atoms with van der Waals surface area (Å²) < 4.78 is 7.03. The van der Waals surface area contributed by atoms with E-state index in [1.165, 1.54) is 6.20 Å². The molecule has 3 rings (SSSR count). The van der Waals surface area contributed by atoms with Crippen LogP contribution >= 0.6 is 0 Å². The molecule has 3 aromatic rings. The number of rotatable bonds is 5. The first kappa shape index (κ1) is 16.6. The molecule has 3 heterocycles. The first-order chi connectivity index (χ1) is 12.1. The Bertz CT molecular complexity index is 869. The average Bonchev–Trinajstić information content (AvgIpc) is 2.95. The van der Waals surface area contributed by atoms with Crippen LogP contribution in [0.5, 0.6) is 5.88 Å². The predicted octanol–water partition coefficient (Wildman–Crippen LogP) is 2.93. The fourth-order valence-electron chi connectivity index (χ4n) is 2.40. The van der Waals surface area contributed by atoms with Gasteiger partial charge in [0.2, 0.25) is 5.88 Å². The van der Waals surface area contributed by atoms with Crippen LogP contribution in [0, 0.1) is 13.8 Å². The molecule has 128 valence electrons. The Morgan fingerprint density at radius 3 is 2.56 bits per heavy atom. The van der Waals surface area contributed by atoms with E-state index in [9.17, 15) is 4.79 Å². The maximum Gasteiger partial charge on any atom is 0.257 e. The van der Waals surface area contributed by atoms with Crippen molar-refractivity contribution in [2.45, 2.75) is 20.8 Å². The lowest BCUT2D eigenvalue weighted by atomic mass is 10.2. The van der Waals surface area contributed by atoms with Crippen LogP contribution in [0.4, 0.5) is 5.69 Å². The number of carbonyl (C=O) groups is 1. The topological polar surface area (TPSA) is 81.9 Å². The van der Waals surface area contributed by atoms with Gasteiger partial charge in [0, 0.05) is 18.0 Å². The van der Waals surface area contributed by atoms with Crippen molar-refractivity contribution in [3.8, 4) is 11.7 Å². The van der Waals surface area contributed by atoms with E-state index in [0.29, 0.717) is 29.6 Å². The van der Waals surface area contributed by atoms with Gasteiger partial charge in [0.05, 0.1) is 29.7 Å². The number of nitrogens with zero attached hydrogens (tertiary/aromatic N) is 4. The Hall–Kier alpha value is -3.22. The summed E-state index contributed by atoms with van der Waals surface area (Å²) in [7, 11) is 0. The standard InChI is InChI=1S/C18H19N5O2/c1-4-25-17-8-5-14(10-20-17)18(24)21-15-6-7-16(19-11-15)23-13(3)9-12(2)22-23/h5-11H,4H2,1-3H3,(H,21,24). The SMILES string of the molecule is CCOc1ccc(C(=O)Nc2ccc(-n3nc(C)cc3C)nc2)cn1. The quantitative estimate of drug-likeness (QED) is 0.774.